The molecule has 0 aliphatic carbocycles. The Morgan fingerprint density at radius 3 is 2.59 bits per heavy atom. The third-order valence-electron chi connectivity index (χ3n) is 6.81. The predicted octanol–water partition coefficient (Wildman–Crippen LogP) is 6.18. The van der Waals surface area contributed by atoms with Gasteiger partial charge in [-0.25, -0.2) is 9.78 Å². The number of imidazole rings is 1. The van der Waals surface area contributed by atoms with Gasteiger partial charge in [-0.2, -0.15) is 0 Å². The van der Waals surface area contributed by atoms with Crippen LogP contribution in [0.3, 0.4) is 0 Å². The third kappa shape index (κ3) is 5.95. The zero-order valence-electron chi connectivity index (χ0n) is 21.3. The van der Waals surface area contributed by atoms with Gasteiger partial charge in [0.05, 0.1) is 20.0 Å². The first-order chi connectivity index (χ1) is 18.9. The first kappa shape index (κ1) is 26.8. The summed E-state index contributed by atoms with van der Waals surface area (Å²) >= 11 is 12.8. The second kappa shape index (κ2) is 11.9. The zero-order chi connectivity index (χ0) is 27.4. The summed E-state index contributed by atoms with van der Waals surface area (Å²) in [5, 5.41) is 1.19. The van der Waals surface area contributed by atoms with Crippen LogP contribution >= 0.6 is 23.2 Å². The maximum absolute atomic E-state index is 13.5. The van der Waals surface area contributed by atoms with Crippen molar-refractivity contribution in [1.29, 1.82) is 0 Å². The van der Waals surface area contributed by atoms with Crippen molar-refractivity contribution in [3.63, 3.8) is 0 Å². The molecule has 1 aliphatic rings. The highest BCUT2D eigenvalue weighted by molar-refractivity contribution is 6.31. The van der Waals surface area contributed by atoms with Gasteiger partial charge in [-0.15, -0.1) is 0 Å². The highest BCUT2D eigenvalue weighted by atomic mass is 35.5. The van der Waals surface area contributed by atoms with Crippen LogP contribution in [-0.2, 0) is 16.1 Å². The number of halogens is 2. The van der Waals surface area contributed by atoms with E-state index in [-0.39, 0.29) is 5.91 Å². The van der Waals surface area contributed by atoms with Crippen molar-refractivity contribution in [2.45, 2.75) is 31.5 Å². The molecule has 1 saturated heterocycles. The average molecular weight is 564 g/mol. The second-order valence-corrected chi connectivity index (χ2v) is 10.2. The van der Waals surface area contributed by atoms with Gasteiger partial charge >= 0.3 is 5.97 Å². The molecule has 2 atom stereocenters. The molecule has 1 unspecified atom stereocenters. The number of hydrogen-bond donors (Lipinski definition) is 0. The summed E-state index contributed by atoms with van der Waals surface area (Å²) in [5.74, 6) is -0.0299. The fraction of sp³-hybridized carbons (Fsp3) is 0.233. The molecule has 0 bridgehead atoms. The van der Waals surface area contributed by atoms with Gasteiger partial charge in [0.1, 0.15) is 11.8 Å². The average Bonchev–Trinajstić information content (AvgIpc) is 3.65. The monoisotopic (exact) mass is 563 g/mol. The summed E-state index contributed by atoms with van der Waals surface area (Å²) in [4.78, 5) is 31.5. The van der Waals surface area contributed by atoms with E-state index in [1.165, 1.54) is 7.11 Å². The third-order valence-corrected chi connectivity index (χ3v) is 7.41. The summed E-state index contributed by atoms with van der Waals surface area (Å²) in [6, 6.07) is 19.7. The second-order valence-electron chi connectivity index (χ2n) is 9.31. The Morgan fingerprint density at radius 2 is 1.87 bits per heavy atom. The number of likely N-dealkylation sites (tertiary alicyclic amines) is 1. The van der Waals surface area contributed by atoms with Gasteiger partial charge < -0.3 is 18.9 Å². The van der Waals surface area contributed by atoms with Crippen molar-refractivity contribution >= 4 is 35.1 Å². The summed E-state index contributed by atoms with van der Waals surface area (Å²) < 4.78 is 13.5. The van der Waals surface area contributed by atoms with Crippen molar-refractivity contribution in [1.82, 2.24) is 14.5 Å². The quantitative estimate of drug-likeness (QED) is 0.239. The van der Waals surface area contributed by atoms with E-state index in [0.717, 1.165) is 23.1 Å². The van der Waals surface area contributed by atoms with E-state index in [0.29, 0.717) is 40.9 Å². The van der Waals surface area contributed by atoms with Crippen molar-refractivity contribution in [2.75, 3.05) is 13.7 Å². The highest BCUT2D eigenvalue weighted by Gasteiger charge is 2.35. The van der Waals surface area contributed by atoms with Crippen molar-refractivity contribution in [3.05, 3.63) is 118 Å². The number of hydrogen-bond acceptors (Lipinski definition) is 5. The minimum atomic E-state index is -0.579. The van der Waals surface area contributed by atoms with Gasteiger partial charge in [0.2, 0.25) is 0 Å². The Hall–Kier alpha value is -3.81. The molecule has 0 saturated carbocycles. The lowest BCUT2D eigenvalue weighted by molar-refractivity contribution is -0.145. The number of ether oxygens (including phenoxy) is 2. The van der Waals surface area contributed by atoms with E-state index in [1.54, 1.807) is 29.6 Å². The molecule has 2 heterocycles. The number of carbonyl (C=O) groups excluding carboxylic acids is 2. The van der Waals surface area contributed by atoms with E-state index >= 15 is 0 Å². The molecule has 9 heteroatoms. The Kier molecular flexibility index (Phi) is 8.19. The molecule has 0 spiro atoms. The molecule has 1 aliphatic heterocycles. The number of carbonyl (C=O) groups is 2. The molecule has 200 valence electrons. The standard InChI is InChI=1S/C30H27Cl2N3O4/c1-38-30(37)26-7-4-15-35(26)29(36)21-10-13-27(22(17-21)18-34-16-14-33-19-34)39-28(20-8-11-23(31)12-9-20)24-5-2-3-6-25(24)32/h2-3,5-6,8-14,16-17,19,26,28H,4,7,15,18H2,1H3/t26-,28?/m0/s1. The van der Waals surface area contributed by atoms with Crippen molar-refractivity contribution in [2.24, 2.45) is 0 Å². The van der Waals surface area contributed by atoms with Crippen LogP contribution in [0.5, 0.6) is 5.75 Å². The molecule has 0 N–H and O–H groups in total. The molecule has 1 aromatic heterocycles. The molecule has 39 heavy (non-hydrogen) atoms. The van der Waals surface area contributed by atoms with Crippen LogP contribution in [0.4, 0.5) is 0 Å². The van der Waals surface area contributed by atoms with Crippen LogP contribution < -0.4 is 4.74 Å². The summed E-state index contributed by atoms with van der Waals surface area (Å²) in [5.41, 5.74) is 2.92. The topological polar surface area (TPSA) is 73.7 Å². The van der Waals surface area contributed by atoms with Crippen LogP contribution in [0.2, 0.25) is 10.0 Å². The SMILES string of the molecule is COC(=O)[C@@H]1CCCN1C(=O)c1ccc(OC(c2ccc(Cl)cc2)c2ccccc2Cl)c(Cn2ccnc2)c1. The maximum Gasteiger partial charge on any atom is 0.328 e. The summed E-state index contributed by atoms with van der Waals surface area (Å²) in [6.45, 7) is 0.922. The smallest absolute Gasteiger partial charge is 0.328 e. The number of aromatic nitrogens is 2. The number of rotatable bonds is 8. The Morgan fingerprint density at radius 1 is 1.08 bits per heavy atom. The fourth-order valence-electron chi connectivity index (χ4n) is 4.85. The van der Waals surface area contributed by atoms with Gasteiger partial charge in [0.15, 0.2) is 6.10 Å². The van der Waals surface area contributed by atoms with Crippen LogP contribution in [0.1, 0.15) is 46.0 Å². The first-order valence-electron chi connectivity index (χ1n) is 12.6. The summed E-state index contributed by atoms with van der Waals surface area (Å²) in [7, 11) is 1.34. The normalized spacial score (nSPS) is 15.7. The molecule has 7 nitrogen and oxygen atoms in total. The van der Waals surface area contributed by atoms with Gasteiger partial charge in [-0.1, -0.05) is 53.5 Å². The number of nitrogens with zero attached hydrogens (tertiary/aromatic N) is 3. The largest absolute Gasteiger partial charge is 0.481 e. The number of methoxy groups -OCH3 is 1. The van der Waals surface area contributed by atoms with E-state index in [9.17, 15) is 9.59 Å². The van der Waals surface area contributed by atoms with Crippen molar-refractivity contribution in [3.8, 4) is 5.75 Å². The van der Waals surface area contributed by atoms with Crippen LogP contribution in [0.25, 0.3) is 0 Å². The minimum Gasteiger partial charge on any atom is -0.481 e. The minimum absolute atomic E-state index is 0.221. The molecule has 1 amide bonds. The molecule has 4 aromatic rings. The Labute approximate surface area is 236 Å². The first-order valence-corrected chi connectivity index (χ1v) is 13.3. The molecular weight excluding hydrogens is 537 g/mol. The van der Waals surface area contributed by atoms with Gasteiger partial charge in [0, 0.05) is 45.7 Å². The Balaban J connectivity index is 1.53. The number of esters is 1. The van der Waals surface area contributed by atoms with Crippen LogP contribution in [0.15, 0.2) is 85.5 Å². The maximum atomic E-state index is 13.5. The Bertz CT molecular complexity index is 1460. The lowest BCUT2D eigenvalue weighted by Crippen LogP contribution is -2.41. The van der Waals surface area contributed by atoms with E-state index in [2.05, 4.69) is 4.98 Å². The lowest BCUT2D eigenvalue weighted by atomic mass is 10.0. The summed E-state index contributed by atoms with van der Waals surface area (Å²) in [6.07, 6.45) is 6.05. The van der Waals surface area contributed by atoms with Crippen LogP contribution in [0, 0.1) is 0 Å². The molecular formula is C30H27Cl2N3O4. The lowest BCUT2D eigenvalue weighted by Gasteiger charge is -2.25. The molecule has 0 radical (unpaired) electrons. The molecule has 3 aromatic carbocycles. The van der Waals surface area contributed by atoms with Crippen molar-refractivity contribution < 1.29 is 19.1 Å². The van der Waals surface area contributed by atoms with Gasteiger partial charge in [-0.3, -0.25) is 4.79 Å². The van der Waals surface area contributed by atoms with Crippen LogP contribution in [-0.4, -0.2) is 46.0 Å². The van der Waals surface area contributed by atoms with E-state index in [4.69, 9.17) is 32.7 Å². The number of benzene rings is 3. The van der Waals surface area contributed by atoms with E-state index < -0.39 is 18.1 Å². The fourth-order valence-corrected chi connectivity index (χ4v) is 5.21. The van der Waals surface area contributed by atoms with Gasteiger partial charge in [-0.05, 0) is 54.8 Å². The molecule has 1 fully saturated rings. The predicted molar refractivity (Wildman–Crippen MR) is 149 cm³/mol. The van der Waals surface area contributed by atoms with Gasteiger partial charge in [0.25, 0.3) is 5.91 Å². The zero-order valence-corrected chi connectivity index (χ0v) is 22.8. The molecule has 5 rings (SSSR count). The number of amides is 1. The highest BCUT2D eigenvalue weighted by Crippen LogP contribution is 2.35. The van der Waals surface area contributed by atoms with E-state index in [1.807, 2.05) is 65.4 Å².